The van der Waals surface area contributed by atoms with Gasteiger partial charge in [0.25, 0.3) is 11.8 Å². The van der Waals surface area contributed by atoms with Gasteiger partial charge in [-0.3, -0.25) is 9.59 Å². The van der Waals surface area contributed by atoms with Gasteiger partial charge in [-0.25, -0.2) is 9.59 Å². The molecule has 86 heavy (non-hydrogen) atoms. The number of fused-ring (bicyclic) bond motifs is 21. The number of amides is 2. The third-order valence-corrected chi connectivity index (χ3v) is 15.8. The van der Waals surface area contributed by atoms with E-state index in [9.17, 15) is 29.4 Å². The SMILES string of the molecule is CC(C)(C)c1cc2c(O)c(c1)Cc1cc(C(C)(C)C)cc3c1OCC(=O)NC(Cc1ccccc1)C(=O)OCCOCCOCCOC(=O)C(Cc1ccccc1)NC(=O)COc1c(cc(C(C)(C)C)cc1Cc1cc(C(C)(C)C)cc(c1O)C3)C2. The van der Waals surface area contributed by atoms with Crippen LogP contribution in [0.25, 0.3) is 0 Å². The molecule has 0 aromatic heterocycles. The number of phenols is 2. The van der Waals surface area contributed by atoms with E-state index in [-0.39, 0.29) is 111 Å². The van der Waals surface area contributed by atoms with Gasteiger partial charge >= 0.3 is 11.9 Å². The van der Waals surface area contributed by atoms with Gasteiger partial charge in [0.2, 0.25) is 0 Å². The number of carbonyl (C=O) groups excluding carboxylic acids is 4. The summed E-state index contributed by atoms with van der Waals surface area (Å²) in [5.41, 5.74) is 9.24. The second-order valence-corrected chi connectivity index (χ2v) is 27.0. The maximum atomic E-state index is 14.4. The normalized spacial score (nSPS) is 17.7. The molecule has 0 saturated carbocycles. The number of hydrogen-bond donors (Lipinski definition) is 4. The molecule has 2 unspecified atom stereocenters. The fraction of sp³-hybridized carbons (Fsp3) is 0.444. The highest BCUT2D eigenvalue weighted by Gasteiger charge is 2.31. The Morgan fingerprint density at radius 2 is 0.651 bits per heavy atom. The van der Waals surface area contributed by atoms with Gasteiger partial charge in [-0.15, -0.1) is 0 Å². The van der Waals surface area contributed by atoms with E-state index in [2.05, 4.69) is 118 Å². The Bertz CT molecular complexity index is 3060. The summed E-state index contributed by atoms with van der Waals surface area (Å²) in [4.78, 5) is 56.7. The number of carbonyl (C=O) groups is 4. The summed E-state index contributed by atoms with van der Waals surface area (Å²) in [6, 6.07) is 33.0. The van der Waals surface area contributed by atoms with Crippen molar-refractivity contribution in [2.45, 2.75) is 155 Å². The molecule has 2 aliphatic heterocycles. The molecular weight excluding hydrogens is 1080 g/mol. The molecule has 2 amide bonds. The predicted molar refractivity (Wildman–Crippen MR) is 334 cm³/mol. The molecule has 6 aromatic rings. The highest BCUT2D eigenvalue weighted by atomic mass is 16.6. The van der Waals surface area contributed by atoms with Crippen molar-refractivity contribution in [3.8, 4) is 23.0 Å². The molecule has 10 bridgehead atoms. The van der Waals surface area contributed by atoms with Crippen molar-refractivity contribution in [1.82, 2.24) is 10.6 Å². The van der Waals surface area contributed by atoms with Gasteiger partial charge in [-0.05, 0) is 99.5 Å². The van der Waals surface area contributed by atoms with Crippen LogP contribution in [0.3, 0.4) is 0 Å². The molecule has 0 saturated heterocycles. The number of esters is 2. The zero-order valence-electron chi connectivity index (χ0n) is 52.4. The minimum absolute atomic E-state index is 0.0517. The number of benzene rings is 6. The van der Waals surface area contributed by atoms with Crippen LogP contribution in [0.4, 0.5) is 0 Å². The summed E-state index contributed by atoms with van der Waals surface area (Å²) in [6.45, 7) is 24.8. The van der Waals surface area contributed by atoms with E-state index < -0.39 is 49.1 Å². The largest absolute Gasteiger partial charge is 0.507 e. The summed E-state index contributed by atoms with van der Waals surface area (Å²) in [6.07, 6.45) is 1.000. The van der Waals surface area contributed by atoms with E-state index in [1.807, 2.05) is 84.9 Å². The topological polar surface area (TPSA) is 188 Å². The second-order valence-electron chi connectivity index (χ2n) is 27.0. The van der Waals surface area contributed by atoms with Gasteiger partial charge in [0.15, 0.2) is 13.2 Å². The van der Waals surface area contributed by atoms with Crippen molar-refractivity contribution in [2.24, 2.45) is 0 Å². The van der Waals surface area contributed by atoms with Crippen molar-refractivity contribution < 1.29 is 57.8 Å². The lowest BCUT2D eigenvalue weighted by Crippen LogP contribution is -2.45. The summed E-state index contributed by atoms with van der Waals surface area (Å²) in [5, 5.41) is 31.6. The van der Waals surface area contributed by atoms with E-state index in [0.29, 0.717) is 56.0 Å². The van der Waals surface area contributed by atoms with Gasteiger partial charge in [0.05, 0.1) is 26.4 Å². The molecule has 2 atom stereocenters. The average molecular weight is 1170 g/mol. The van der Waals surface area contributed by atoms with Crippen LogP contribution in [0.15, 0.2) is 109 Å². The molecule has 0 spiro atoms. The zero-order valence-corrected chi connectivity index (χ0v) is 52.4. The van der Waals surface area contributed by atoms with Gasteiger partial charge in [0.1, 0.15) is 48.3 Å². The third-order valence-electron chi connectivity index (χ3n) is 15.8. The standard InChI is InChI=1S/C72H88N2O12/c1-69(2,3)55-35-47-31-51-39-57(71(7,8)9)41-53-33-49-37-56(70(4,5)6)38-50(64(49)78)34-54-42-58(72(10,11)12)40-52(32-48(36-55)63(47)77)66(54)86-44-62(76)74-60(30-46-21-17-14-18-22-46)68(80)84-28-26-82-24-23-81-25-27-83-67(79)59(29-45-19-15-13-16-20-45)73-61(75)43-85-65(51)53/h13-22,35-42,59-60,77-78H,23-34,43-44H2,1-12H3,(H,73,75)(H,74,76). The quantitative estimate of drug-likeness (QED) is 0.0966. The van der Waals surface area contributed by atoms with Crippen LogP contribution >= 0.6 is 0 Å². The first-order valence-electron chi connectivity index (χ1n) is 30.0. The van der Waals surface area contributed by atoms with Gasteiger partial charge in [0, 0.05) is 38.5 Å². The zero-order chi connectivity index (χ0) is 62.1. The number of ether oxygens (including phenoxy) is 6. The molecule has 2 heterocycles. The molecule has 3 aliphatic rings. The summed E-state index contributed by atoms with van der Waals surface area (Å²) < 4.78 is 36.5. The van der Waals surface area contributed by atoms with Crippen LogP contribution in [0.5, 0.6) is 23.0 Å². The van der Waals surface area contributed by atoms with Crippen LogP contribution in [-0.2, 0) is 98.3 Å². The minimum Gasteiger partial charge on any atom is -0.507 e. The van der Waals surface area contributed by atoms with E-state index in [1.54, 1.807) is 0 Å². The Hall–Kier alpha value is -7.68. The van der Waals surface area contributed by atoms with Crippen LogP contribution in [-0.4, -0.2) is 98.9 Å². The van der Waals surface area contributed by atoms with Crippen molar-refractivity contribution in [3.05, 3.63) is 187 Å². The fourth-order valence-corrected chi connectivity index (χ4v) is 10.8. The van der Waals surface area contributed by atoms with Crippen molar-refractivity contribution in [3.63, 3.8) is 0 Å². The molecule has 1 aliphatic carbocycles. The van der Waals surface area contributed by atoms with Crippen LogP contribution in [0, 0.1) is 0 Å². The van der Waals surface area contributed by atoms with E-state index in [1.165, 1.54) is 0 Å². The number of rotatable bonds is 4. The molecule has 0 fully saturated rings. The number of hydrogen-bond acceptors (Lipinski definition) is 12. The second kappa shape index (κ2) is 27.4. The lowest BCUT2D eigenvalue weighted by Gasteiger charge is -2.28. The molecule has 6 aromatic carbocycles. The molecular formula is C72H88N2O12. The van der Waals surface area contributed by atoms with Crippen LogP contribution < -0.4 is 20.1 Å². The van der Waals surface area contributed by atoms with Gasteiger partial charge < -0.3 is 49.3 Å². The first-order valence-corrected chi connectivity index (χ1v) is 30.0. The molecule has 4 N–H and O–H groups in total. The molecule has 9 rings (SSSR count). The lowest BCUT2D eigenvalue weighted by atomic mass is 9.79. The maximum Gasteiger partial charge on any atom is 0.329 e. The Kier molecular flexibility index (Phi) is 20.5. The highest BCUT2D eigenvalue weighted by Crippen LogP contribution is 2.44. The predicted octanol–water partition coefficient (Wildman–Crippen LogP) is 11.3. The number of nitrogens with one attached hydrogen (secondary N) is 2. The van der Waals surface area contributed by atoms with Crippen LogP contribution in [0.1, 0.15) is 161 Å². The van der Waals surface area contributed by atoms with Crippen molar-refractivity contribution in [1.29, 1.82) is 0 Å². The smallest absolute Gasteiger partial charge is 0.329 e. The Balaban J connectivity index is 1.33. The number of aromatic hydroxyl groups is 2. The summed E-state index contributed by atoms with van der Waals surface area (Å²) in [7, 11) is 0. The first kappa shape index (κ1) is 64.3. The van der Waals surface area contributed by atoms with E-state index >= 15 is 0 Å². The average Bonchev–Trinajstić information content (AvgIpc) is 0.927. The minimum atomic E-state index is -1.08. The summed E-state index contributed by atoms with van der Waals surface area (Å²) in [5.74, 6) is -1.47. The fourth-order valence-electron chi connectivity index (χ4n) is 10.8. The molecule has 458 valence electrons. The Labute approximate surface area is 508 Å². The molecule has 14 heteroatoms. The van der Waals surface area contributed by atoms with E-state index in [0.717, 1.165) is 33.4 Å². The van der Waals surface area contributed by atoms with Gasteiger partial charge in [-0.1, -0.05) is 192 Å². The van der Waals surface area contributed by atoms with Crippen molar-refractivity contribution in [2.75, 3.05) is 52.9 Å². The third kappa shape index (κ3) is 17.1. The van der Waals surface area contributed by atoms with Crippen molar-refractivity contribution >= 4 is 23.8 Å². The maximum absolute atomic E-state index is 14.4. The number of phenolic OH excluding ortho intramolecular Hbond substituents is 2. The molecule has 0 radical (unpaired) electrons. The molecule has 14 nitrogen and oxygen atoms in total. The Morgan fingerprint density at radius 1 is 0.384 bits per heavy atom. The summed E-state index contributed by atoms with van der Waals surface area (Å²) >= 11 is 0. The van der Waals surface area contributed by atoms with E-state index in [4.69, 9.17) is 28.4 Å². The lowest BCUT2D eigenvalue weighted by molar-refractivity contribution is -0.150. The van der Waals surface area contributed by atoms with Crippen LogP contribution in [0.2, 0.25) is 0 Å². The van der Waals surface area contributed by atoms with Gasteiger partial charge in [-0.2, -0.15) is 0 Å². The highest BCUT2D eigenvalue weighted by molar-refractivity contribution is 5.86. The first-order chi connectivity index (χ1) is 40.6. The Morgan fingerprint density at radius 3 is 0.930 bits per heavy atom. The monoisotopic (exact) mass is 1170 g/mol.